The molecule has 0 radical (unpaired) electrons. The second-order valence-electron chi connectivity index (χ2n) is 3.68. The average Bonchev–Trinajstić information content (AvgIpc) is 2.20. The standard InChI is InChI=1S/C8H6F12N2S/c1-2-23-6(7(15,16)17,8(18,19)20)22-21-3(4(9,10)11)5(12,13)14/h22H,2H2,1H3. The Hall–Kier alpha value is -1.02. The molecule has 0 aromatic carbocycles. The molecule has 23 heavy (non-hydrogen) atoms. The van der Waals surface area contributed by atoms with Gasteiger partial charge < -0.3 is 0 Å². The van der Waals surface area contributed by atoms with Crippen molar-refractivity contribution in [2.24, 2.45) is 5.10 Å². The SMILES string of the molecule is CCSC(NN=C(C(F)(F)F)C(F)(F)F)(C(F)(F)F)C(F)(F)F. The first kappa shape index (κ1) is 22.0. The van der Waals surface area contributed by atoms with Crippen molar-refractivity contribution >= 4 is 17.5 Å². The van der Waals surface area contributed by atoms with Crippen LogP contribution in [0, 0.1) is 0 Å². The van der Waals surface area contributed by atoms with Crippen LogP contribution >= 0.6 is 11.8 Å². The van der Waals surface area contributed by atoms with Crippen LogP contribution in [-0.2, 0) is 0 Å². The molecule has 0 aliphatic rings. The van der Waals surface area contributed by atoms with E-state index >= 15 is 0 Å². The Bertz CT molecular complexity index is 398. The predicted octanol–water partition coefficient (Wildman–Crippen LogP) is 4.63. The normalized spacial score (nSPS) is 14.7. The minimum atomic E-state index is -6.31. The molecule has 0 saturated heterocycles. The van der Waals surface area contributed by atoms with E-state index in [1.807, 2.05) is 0 Å². The van der Waals surface area contributed by atoms with Crippen molar-refractivity contribution in [1.82, 2.24) is 5.43 Å². The van der Waals surface area contributed by atoms with E-state index in [2.05, 4.69) is 0 Å². The number of nitrogens with zero attached hydrogens (tertiary/aromatic N) is 1. The lowest BCUT2D eigenvalue weighted by Crippen LogP contribution is -2.63. The number of alkyl halides is 12. The third-order valence-electron chi connectivity index (χ3n) is 2.02. The van der Waals surface area contributed by atoms with Gasteiger partial charge in [0.25, 0.3) is 4.87 Å². The van der Waals surface area contributed by atoms with Gasteiger partial charge in [0.2, 0.25) is 5.71 Å². The van der Waals surface area contributed by atoms with Crippen molar-refractivity contribution < 1.29 is 52.7 Å². The minimum Gasteiger partial charge on any atom is -0.277 e. The molecule has 0 amide bonds. The van der Waals surface area contributed by atoms with Crippen LogP contribution in [0.1, 0.15) is 6.92 Å². The average molecular weight is 390 g/mol. The van der Waals surface area contributed by atoms with E-state index in [1.54, 1.807) is 0 Å². The van der Waals surface area contributed by atoms with Crippen LogP contribution in [0.25, 0.3) is 0 Å². The van der Waals surface area contributed by atoms with E-state index in [9.17, 15) is 52.7 Å². The molecule has 0 heterocycles. The van der Waals surface area contributed by atoms with E-state index < -0.39 is 52.8 Å². The number of thioether (sulfide) groups is 1. The van der Waals surface area contributed by atoms with Crippen molar-refractivity contribution in [2.75, 3.05) is 5.75 Å². The lowest BCUT2D eigenvalue weighted by Gasteiger charge is -2.36. The Kier molecular flexibility index (Phi) is 6.18. The minimum absolute atomic E-state index is 0.0118. The highest BCUT2D eigenvalue weighted by Gasteiger charge is 2.72. The third-order valence-corrected chi connectivity index (χ3v) is 3.30. The third kappa shape index (κ3) is 4.97. The van der Waals surface area contributed by atoms with Crippen LogP contribution in [0.2, 0.25) is 0 Å². The van der Waals surface area contributed by atoms with E-state index in [0.717, 1.165) is 6.92 Å². The fraction of sp³-hybridized carbons (Fsp3) is 0.875. The largest absolute Gasteiger partial charge is 0.440 e. The molecule has 0 atom stereocenters. The molecule has 0 aromatic rings. The number of hydrazone groups is 1. The maximum Gasteiger partial charge on any atom is 0.440 e. The first-order chi connectivity index (χ1) is 9.90. The number of nitrogens with one attached hydrogen (secondary N) is 1. The molecule has 138 valence electrons. The summed E-state index contributed by atoms with van der Waals surface area (Å²) in [6.07, 6.45) is -25.2. The Labute approximate surface area is 124 Å². The van der Waals surface area contributed by atoms with Gasteiger partial charge in [0.15, 0.2) is 0 Å². The van der Waals surface area contributed by atoms with Crippen LogP contribution in [0.3, 0.4) is 0 Å². The summed E-state index contributed by atoms with van der Waals surface area (Å²) >= 11 is -1.00. The highest BCUT2D eigenvalue weighted by Crippen LogP contribution is 2.50. The van der Waals surface area contributed by atoms with Gasteiger partial charge in [-0.3, -0.25) is 5.43 Å². The summed E-state index contributed by atoms with van der Waals surface area (Å²) in [5.74, 6) is -0.936. The summed E-state index contributed by atoms with van der Waals surface area (Å²) in [5, 5.41) is 1.35. The zero-order valence-corrected chi connectivity index (χ0v) is 11.4. The number of hydrogen-bond donors (Lipinski definition) is 1. The van der Waals surface area contributed by atoms with Crippen LogP contribution in [0.15, 0.2) is 5.10 Å². The number of rotatable bonds is 4. The Morgan fingerprint density at radius 2 is 1.13 bits per heavy atom. The van der Waals surface area contributed by atoms with E-state index in [-0.39, 0.29) is 5.43 Å². The van der Waals surface area contributed by atoms with Crippen LogP contribution in [0.4, 0.5) is 52.7 Å². The first-order valence-corrected chi connectivity index (χ1v) is 6.15. The highest BCUT2D eigenvalue weighted by molar-refractivity contribution is 8.00. The summed E-state index contributed by atoms with van der Waals surface area (Å²) in [6.45, 7) is 0.788. The van der Waals surface area contributed by atoms with Crippen molar-refractivity contribution in [3.63, 3.8) is 0 Å². The molecule has 0 aliphatic heterocycles. The molecule has 15 heteroatoms. The Balaban J connectivity index is 6.13. The van der Waals surface area contributed by atoms with Gasteiger partial charge in [0.05, 0.1) is 0 Å². The quantitative estimate of drug-likeness (QED) is 0.328. The molecule has 0 unspecified atom stereocenters. The van der Waals surface area contributed by atoms with Gasteiger partial charge in [-0.2, -0.15) is 57.8 Å². The lowest BCUT2D eigenvalue weighted by molar-refractivity contribution is -0.273. The highest BCUT2D eigenvalue weighted by atomic mass is 32.2. The second kappa shape index (κ2) is 6.47. The Morgan fingerprint density at radius 3 is 1.35 bits per heavy atom. The molecule has 0 bridgehead atoms. The van der Waals surface area contributed by atoms with Gasteiger partial charge in [0.1, 0.15) is 0 Å². The summed E-state index contributed by atoms with van der Waals surface area (Å²) in [7, 11) is 0. The fourth-order valence-corrected chi connectivity index (χ4v) is 1.99. The monoisotopic (exact) mass is 390 g/mol. The number of hydrogen-bond acceptors (Lipinski definition) is 3. The summed E-state index contributed by atoms with van der Waals surface area (Å²) < 4.78 is 149. The molecule has 0 aromatic heterocycles. The zero-order valence-electron chi connectivity index (χ0n) is 10.6. The molecule has 0 aliphatic carbocycles. The van der Waals surface area contributed by atoms with Gasteiger partial charge in [-0.1, -0.05) is 6.92 Å². The van der Waals surface area contributed by atoms with Crippen LogP contribution in [0.5, 0.6) is 0 Å². The molecular weight excluding hydrogens is 384 g/mol. The van der Waals surface area contributed by atoms with Crippen molar-refractivity contribution in [3.05, 3.63) is 0 Å². The van der Waals surface area contributed by atoms with Gasteiger partial charge in [-0.15, -0.1) is 11.8 Å². The number of halogens is 12. The van der Waals surface area contributed by atoms with E-state index in [4.69, 9.17) is 0 Å². The van der Waals surface area contributed by atoms with Gasteiger partial charge in [-0.25, -0.2) is 0 Å². The summed E-state index contributed by atoms with van der Waals surface area (Å²) in [4.78, 5) is -5.13. The summed E-state index contributed by atoms with van der Waals surface area (Å²) in [5.41, 5.74) is -3.79. The van der Waals surface area contributed by atoms with Gasteiger partial charge >= 0.3 is 24.7 Å². The summed E-state index contributed by atoms with van der Waals surface area (Å²) in [6, 6.07) is 0. The Morgan fingerprint density at radius 1 is 0.783 bits per heavy atom. The van der Waals surface area contributed by atoms with Crippen LogP contribution in [-0.4, -0.2) is 41.0 Å². The molecule has 0 saturated carbocycles. The fourth-order valence-electron chi connectivity index (χ4n) is 1.12. The zero-order chi connectivity index (χ0) is 18.9. The van der Waals surface area contributed by atoms with Crippen molar-refractivity contribution in [2.45, 2.75) is 36.5 Å². The lowest BCUT2D eigenvalue weighted by atomic mass is 10.3. The second-order valence-corrected chi connectivity index (χ2v) is 5.16. The van der Waals surface area contributed by atoms with Gasteiger partial charge in [-0.05, 0) is 5.75 Å². The molecule has 0 fully saturated rings. The first-order valence-electron chi connectivity index (χ1n) is 5.16. The molecule has 0 rings (SSSR count). The molecular formula is C8H6F12N2S. The van der Waals surface area contributed by atoms with Gasteiger partial charge in [0, 0.05) is 0 Å². The molecule has 2 nitrogen and oxygen atoms in total. The van der Waals surface area contributed by atoms with Crippen molar-refractivity contribution in [1.29, 1.82) is 0 Å². The smallest absolute Gasteiger partial charge is 0.277 e. The maximum atomic E-state index is 12.7. The van der Waals surface area contributed by atoms with E-state index in [1.165, 1.54) is 5.10 Å². The predicted molar refractivity (Wildman–Crippen MR) is 55.7 cm³/mol. The van der Waals surface area contributed by atoms with E-state index in [0.29, 0.717) is 0 Å². The maximum absolute atomic E-state index is 12.7. The molecule has 0 spiro atoms. The van der Waals surface area contributed by atoms with Crippen molar-refractivity contribution in [3.8, 4) is 0 Å². The van der Waals surface area contributed by atoms with Crippen LogP contribution < -0.4 is 5.43 Å². The molecule has 1 N–H and O–H groups in total. The topological polar surface area (TPSA) is 24.4 Å².